The molecule has 0 radical (unpaired) electrons. The number of hydrogen-bond acceptors (Lipinski definition) is 6. The number of hydrogen-bond donors (Lipinski definition) is 3. The van der Waals surface area contributed by atoms with Gasteiger partial charge in [-0.1, -0.05) is 30.3 Å². The molecule has 2 bridgehead atoms. The van der Waals surface area contributed by atoms with Crippen LogP contribution < -0.4 is 10.6 Å². The first-order valence-electron chi connectivity index (χ1n) is 9.36. The van der Waals surface area contributed by atoms with Crippen molar-refractivity contribution in [3.8, 4) is 0 Å². The second-order valence-electron chi connectivity index (χ2n) is 7.13. The zero-order valence-corrected chi connectivity index (χ0v) is 16.0. The van der Waals surface area contributed by atoms with Crippen molar-refractivity contribution in [2.75, 3.05) is 5.32 Å². The minimum absolute atomic E-state index is 0.150. The third-order valence-corrected chi connectivity index (χ3v) is 5.16. The van der Waals surface area contributed by atoms with Crippen molar-refractivity contribution in [1.29, 1.82) is 0 Å². The normalized spacial score (nSPS) is 20.1. The van der Waals surface area contributed by atoms with E-state index in [1.165, 1.54) is 11.5 Å². The Hall–Kier alpha value is -3.53. The monoisotopic (exact) mass is 407 g/mol. The summed E-state index contributed by atoms with van der Waals surface area (Å²) in [4.78, 5) is 38.5. The summed E-state index contributed by atoms with van der Waals surface area (Å²) in [5, 5.41) is 26.6. The Morgan fingerprint density at radius 1 is 1.07 bits per heavy atom. The molecule has 1 aromatic heterocycles. The Labute approximate surface area is 171 Å². The molecule has 9 nitrogen and oxygen atoms in total. The molecule has 2 atom stereocenters. The maximum atomic E-state index is 13.4. The van der Waals surface area contributed by atoms with Gasteiger partial charge in [-0.2, -0.15) is 0 Å². The molecule has 0 aliphatic carbocycles. The average Bonchev–Trinajstić information content (AvgIpc) is 3.09. The minimum Gasteiger partial charge on any atom is -0.762 e. The number of nitrogens with zero attached hydrogens (tertiary/aromatic N) is 2. The number of rotatable bonds is 1. The third kappa shape index (κ3) is 3.45. The number of anilines is 1. The number of benzene rings is 2. The maximum absolute atomic E-state index is 13.4. The van der Waals surface area contributed by atoms with Gasteiger partial charge in [0.1, 0.15) is 12.1 Å². The number of fused-ring (bicyclic) bond motifs is 6. The first-order chi connectivity index (χ1) is 14.4. The molecule has 2 unspecified atom stereocenters. The van der Waals surface area contributed by atoms with Crippen molar-refractivity contribution in [2.24, 2.45) is 0 Å². The molecule has 3 aromatic rings. The second kappa shape index (κ2) is 7.71. The van der Waals surface area contributed by atoms with Crippen LogP contribution in [0.15, 0.2) is 54.7 Å². The van der Waals surface area contributed by atoms with Crippen molar-refractivity contribution < 1.29 is 19.6 Å². The molecule has 0 fully saturated rings. The fourth-order valence-corrected chi connectivity index (χ4v) is 3.58. The lowest BCUT2D eigenvalue weighted by Crippen LogP contribution is -2.50. The molecule has 0 spiro atoms. The number of carbonyl (C=O) groups is 3. The molecule has 1 aliphatic rings. The lowest BCUT2D eigenvalue weighted by Gasteiger charge is -2.30. The van der Waals surface area contributed by atoms with Crippen molar-refractivity contribution in [3.63, 3.8) is 0 Å². The molecule has 0 saturated heterocycles. The Morgan fingerprint density at radius 2 is 1.77 bits per heavy atom. The maximum Gasteiger partial charge on any atom is 0.264 e. The van der Waals surface area contributed by atoms with E-state index in [0.29, 0.717) is 22.2 Å². The van der Waals surface area contributed by atoms with Crippen molar-refractivity contribution in [2.45, 2.75) is 25.4 Å². The van der Waals surface area contributed by atoms with Gasteiger partial charge in [-0.15, -0.1) is 0 Å². The molecule has 2 aromatic carbocycles. The van der Waals surface area contributed by atoms with Gasteiger partial charge in [-0.05, 0) is 30.7 Å². The Bertz CT molecular complexity index is 1150. The molecule has 1 aliphatic heterocycles. The van der Waals surface area contributed by atoms with Crippen LogP contribution in [0, 0.1) is 5.21 Å². The third-order valence-electron chi connectivity index (χ3n) is 5.16. The van der Waals surface area contributed by atoms with E-state index in [1.807, 2.05) is 0 Å². The summed E-state index contributed by atoms with van der Waals surface area (Å²) >= 11 is 0. The zero-order valence-electron chi connectivity index (χ0n) is 16.0. The molecule has 30 heavy (non-hydrogen) atoms. The van der Waals surface area contributed by atoms with Gasteiger partial charge in [-0.3, -0.25) is 24.2 Å². The van der Waals surface area contributed by atoms with Crippen LogP contribution in [-0.2, 0) is 16.0 Å². The summed E-state index contributed by atoms with van der Waals surface area (Å²) in [6, 6.07) is 11.2. The van der Waals surface area contributed by atoms with E-state index in [0.717, 1.165) is 0 Å². The van der Waals surface area contributed by atoms with E-state index in [1.54, 1.807) is 54.7 Å². The van der Waals surface area contributed by atoms with E-state index in [-0.39, 0.29) is 17.9 Å². The van der Waals surface area contributed by atoms with E-state index < -0.39 is 29.1 Å². The topological polar surface area (TPSA) is 127 Å². The fraction of sp³-hybridized carbons (Fsp3) is 0.190. The summed E-state index contributed by atoms with van der Waals surface area (Å²) in [5.41, 5.74) is 1.70. The van der Waals surface area contributed by atoms with Gasteiger partial charge in [0.25, 0.3) is 5.91 Å². The smallest absolute Gasteiger partial charge is 0.264 e. The quantitative estimate of drug-likeness (QED) is 0.529. The Morgan fingerprint density at radius 3 is 2.53 bits per heavy atom. The average molecular weight is 407 g/mol. The highest BCUT2D eigenvalue weighted by Crippen LogP contribution is 2.26. The molecule has 2 amide bonds. The van der Waals surface area contributed by atoms with Gasteiger partial charge in [-0.25, -0.2) is 0 Å². The number of carbonyl (C=O) groups excluding carboxylic acids is 3. The number of para-hydroxylation sites is 2. The minimum atomic E-state index is -1.49. The van der Waals surface area contributed by atoms with E-state index in [4.69, 9.17) is 0 Å². The fourth-order valence-electron chi connectivity index (χ4n) is 3.58. The van der Waals surface area contributed by atoms with Crippen LogP contribution >= 0.6 is 0 Å². The highest BCUT2D eigenvalue weighted by Gasteiger charge is 2.28. The lowest BCUT2D eigenvalue weighted by molar-refractivity contribution is -0.142. The number of aromatic nitrogens is 1. The van der Waals surface area contributed by atoms with Gasteiger partial charge in [0, 0.05) is 18.0 Å². The first-order valence-corrected chi connectivity index (χ1v) is 9.36. The SMILES string of the molecule is CC1NC(=O)C(N([O-])O)Cc2cn(c3ccccc23)C(=O)c2ccccc2NC1=O. The van der Waals surface area contributed by atoms with Gasteiger partial charge in [0.2, 0.25) is 11.8 Å². The molecule has 4 rings (SSSR count). The summed E-state index contributed by atoms with van der Waals surface area (Å²) < 4.78 is 1.42. The van der Waals surface area contributed by atoms with Crippen molar-refractivity contribution >= 4 is 34.3 Å². The number of hydroxylamine groups is 2. The summed E-state index contributed by atoms with van der Waals surface area (Å²) in [6.07, 6.45) is 1.40. The van der Waals surface area contributed by atoms with Crippen LogP contribution in [0.25, 0.3) is 10.9 Å². The van der Waals surface area contributed by atoms with Crippen LogP contribution in [0.4, 0.5) is 5.69 Å². The molecule has 9 heteroatoms. The Balaban J connectivity index is 1.93. The van der Waals surface area contributed by atoms with Crippen molar-refractivity contribution in [3.05, 3.63) is 71.1 Å². The predicted octanol–water partition coefficient (Wildman–Crippen LogP) is 1.89. The van der Waals surface area contributed by atoms with Gasteiger partial charge in [0.15, 0.2) is 0 Å². The van der Waals surface area contributed by atoms with E-state index >= 15 is 0 Å². The highest BCUT2D eigenvalue weighted by molar-refractivity contribution is 6.09. The van der Waals surface area contributed by atoms with Crippen LogP contribution in [0.2, 0.25) is 0 Å². The Kier molecular flexibility index (Phi) is 5.08. The number of nitrogens with one attached hydrogen (secondary N) is 2. The van der Waals surface area contributed by atoms with Gasteiger partial charge < -0.3 is 21.0 Å². The molecule has 0 saturated carbocycles. The first kappa shape index (κ1) is 19.8. The lowest BCUT2D eigenvalue weighted by atomic mass is 10.0. The standard InChI is InChI=1S/C21H19N4O5/c1-12-19(26)23-16-8-4-2-7-15(16)21(28)24-11-13(14-6-3-5-9-17(14)24)10-18(25(29)30)20(27)22-12/h2-9,11-12,18,29H,10H2,1H3,(H,22,27)(H,23,26)/q-1. The molecular formula is C21H19N4O5-. The predicted molar refractivity (Wildman–Crippen MR) is 109 cm³/mol. The van der Waals surface area contributed by atoms with Gasteiger partial charge in [0.05, 0.1) is 16.8 Å². The van der Waals surface area contributed by atoms with E-state index in [2.05, 4.69) is 10.6 Å². The molecule has 2 heterocycles. The summed E-state index contributed by atoms with van der Waals surface area (Å²) in [7, 11) is 0. The van der Waals surface area contributed by atoms with Crippen LogP contribution in [0.1, 0.15) is 22.8 Å². The van der Waals surface area contributed by atoms with Crippen LogP contribution in [-0.4, -0.2) is 44.8 Å². The van der Waals surface area contributed by atoms with Gasteiger partial charge >= 0.3 is 0 Å². The highest BCUT2D eigenvalue weighted by atomic mass is 16.8. The van der Waals surface area contributed by atoms with Crippen LogP contribution in [0.5, 0.6) is 0 Å². The second-order valence-corrected chi connectivity index (χ2v) is 7.13. The van der Waals surface area contributed by atoms with Crippen LogP contribution in [0.3, 0.4) is 0 Å². The molecule has 3 N–H and O–H groups in total. The zero-order chi connectivity index (χ0) is 21.4. The molecule has 154 valence electrons. The summed E-state index contributed by atoms with van der Waals surface area (Å²) in [5.74, 6) is -1.74. The van der Waals surface area contributed by atoms with Crippen molar-refractivity contribution in [1.82, 2.24) is 15.1 Å². The largest absolute Gasteiger partial charge is 0.762 e. The van der Waals surface area contributed by atoms with E-state index in [9.17, 15) is 24.8 Å². The number of amides is 2. The molecular weight excluding hydrogens is 388 g/mol. The summed E-state index contributed by atoms with van der Waals surface area (Å²) in [6.45, 7) is 1.45.